The zero-order valence-electron chi connectivity index (χ0n) is 25.4. The molecule has 0 aliphatic carbocycles. The molecule has 2 amide bonds. The maximum atomic E-state index is 14.0. The summed E-state index contributed by atoms with van der Waals surface area (Å²) in [5.74, 6) is 0.0888. The first-order valence-corrected chi connectivity index (χ1v) is 15.7. The van der Waals surface area contributed by atoms with Gasteiger partial charge in [0.2, 0.25) is 5.69 Å². The standard InChI is InChI=1S/C36H49N2O3/c1-4-6-7-8-9-10-11-12-13-19-28-41-34-25-20-24-33(30(34)3)36(40)38(35(39)31-21-15-14-16-22-31)29-32-23-17-18-27-37(32)26-5-2/h14-18,20-25,27H,4-13,19,26,28-29H2,1-3H3/q+1. The zero-order chi connectivity index (χ0) is 29.3. The lowest BCUT2D eigenvalue weighted by Gasteiger charge is -2.22. The van der Waals surface area contributed by atoms with Crippen molar-refractivity contribution in [3.05, 3.63) is 95.3 Å². The van der Waals surface area contributed by atoms with E-state index in [2.05, 4.69) is 18.4 Å². The molecule has 5 nitrogen and oxygen atoms in total. The van der Waals surface area contributed by atoms with Crippen LogP contribution in [0.1, 0.15) is 116 Å². The van der Waals surface area contributed by atoms with Crippen molar-refractivity contribution in [1.82, 2.24) is 4.90 Å². The van der Waals surface area contributed by atoms with E-state index in [0.717, 1.165) is 37.1 Å². The van der Waals surface area contributed by atoms with Gasteiger partial charge in [0.1, 0.15) is 18.8 Å². The normalized spacial score (nSPS) is 10.9. The van der Waals surface area contributed by atoms with Crippen LogP contribution >= 0.6 is 0 Å². The molecule has 0 bridgehead atoms. The molecule has 0 aliphatic rings. The Morgan fingerprint density at radius 1 is 0.707 bits per heavy atom. The fourth-order valence-corrected chi connectivity index (χ4v) is 5.17. The Hall–Kier alpha value is -3.47. The van der Waals surface area contributed by atoms with Crippen molar-refractivity contribution >= 4 is 11.8 Å². The number of nitrogens with zero attached hydrogens (tertiary/aromatic N) is 2. The summed E-state index contributed by atoms with van der Waals surface area (Å²) in [7, 11) is 0. The third-order valence-electron chi connectivity index (χ3n) is 7.60. The van der Waals surface area contributed by atoms with Crippen molar-refractivity contribution in [2.24, 2.45) is 0 Å². The second kappa shape index (κ2) is 18.1. The Labute approximate surface area is 247 Å². The average Bonchev–Trinajstić information content (AvgIpc) is 3.00. The highest BCUT2D eigenvalue weighted by Crippen LogP contribution is 2.24. The number of carbonyl (C=O) groups excluding carboxylic acids is 2. The molecule has 220 valence electrons. The van der Waals surface area contributed by atoms with Crippen molar-refractivity contribution in [2.45, 2.75) is 104 Å². The average molecular weight is 558 g/mol. The van der Waals surface area contributed by atoms with Crippen LogP contribution in [0.15, 0.2) is 72.9 Å². The molecule has 0 atom stereocenters. The van der Waals surface area contributed by atoms with Crippen LogP contribution in [-0.2, 0) is 13.1 Å². The van der Waals surface area contributed by atoms with Crippen molar-refractivity contribution in [3.8, 4) is 5.75 Å². The van der Waals surface area contributed by atoms with Gasteiger partial charge in [-0.05, 0) is 37.6 Å². The van der Waals surface area contributed by atoms with Gasteiger partial charge in [-0.3, -0.25) is 14.5 Å². The number of unbranched alkanes of at least 4 members (excludes halogenated alkanes) is 9. The Bertz CT molecular complexity index is 1210. The molecule has 0 saturated carbocycles. The summed E-state index contributed by atoms with van der Waals surface area (Å²) < 4.78 is 8.24. The molecule has 1 heterocycles. The van der Waals surface area contributed by atoms with Gasteiger partial charge in [-0.25, -0.2) is 4.57 Å². The van der Waals surface area contributed by atoms with Gasteiger partial charge in [0.15, 0.2) is 6.20 Å². The Balaban J connectivity index is 1.66. The van der Waals surface area contributed by atoms with Gasteiger partial charge in [-0.2, -0.15) is 0 Å². The number of imide groups is 1. The van der Waals surface area contributed by atoms with Gasteiger partial charge in [0.25, 0.3) is 11.8 Å². The van der Waals surface area contributed by atoms with Crippen LogP contribution < -0.4 is 9.30 Å². The molecule has 3 rings (SSSR count). The van der Waals surface area contributed by atoms with Crippen LogP contribution in [0.2, 0.25) is 0 Å². The van der Waals surface area contributed by atoms with Crippen molar-refractivity contribution in [3.63, 3.8) is 0 Å². The predicted octanol–water partition coefficient (Wildman–Crippen LogP) is 8.48. The van der Waals surface area contributed by atoms with Crippen LogP contribution in [-0.4, -0.2) is 23.3 Å². The zero-order valence-corrected chi connectivity index (χ0v) is 25.4. The number of hydrogen-bond donors (Lipinski definition) is 0. The lowest BCUT2D eigenvalue weighted by molar-refractivity contribution is -0.704. The van der Waals surface area contributed by atoms with Gasteiger partial charge in [-0.15, -0.1) is 0 Å². The molecule has 41 heavy (non-hydrogen) atoms. The third kappa shape index (κ3) is 10.1. The van der Waals surface area contributed by atoms with E-state index in [0.29, 0.717) is 23.5 Å². The Kier molecular flexibility index (Phi) is 14.1. The number of ether oxygens (including phenoxy) is 1. The number of hydrogen-bond acceptors (Lipinski definition) is 3. The summed E-state index contributed by atoms with van der Waals surface area (Å²) in [6.45, 7) is 7.92. The molecule has 0 radical (unpaired) electrons. The summed E-state index contributed by atoms with van der Waals surface area (Å²) >= 11 is 0. The summed E-state index contributed by atoms with van der Waals surface area (Å²) in [6, 6.07) is 20.5. The number of amides is 2. The second-order valence-electron chi connectivity index (χ2n) is 10.9. The smallest absolute Gasteiger partial charge is 0.261 e. The highest BCUT2D eigenvalue weighted by molar-refractivity contribution is 6.10. The number of carbonyl (C=O) groups is 2. The molecule has 0 spiro atoms. The molecule has 0 saturated heterocycles. The van der Waals surface area contributed by atoms with Gasteiger partial charge in [-0.1, -0.05) is 102 Å². The summed E-state index contributed by atoms with van der Waals surface area (Å²) in [4.78, 5) is 29.1. The summed E-state index contributed by atoms with van der Waals surface area (Å²) in [5, 5.41) is 0. The van der Waals surface area contributed by atoms with Crippen LogP contribution in [0, 0.1) is 6.92 Å². The molecule has 0 unspecified atom stereocenters. The van der Waals surface area contributed by atoms with E-state index in [1.807, 2.05) is 61.7 Å². The largest absolute Gasteiger partial charge is 0.493 e. The molecule has 0 aliphatic heterocycles. The minimum atomic E-state index is -0.312. The first kappa shape index (κ1) is 32.0. The fraction of sp³-hybridized carbons (Fsp3) is 0.472. The lowest BCUT2D eigenvalue weighted by Crippen LogP contribution is -2.44. The summed E-state index contributed by atoms with van der Waals surface area (Å²) in [6.07, 6.45) is 15.7. The summed E-state index contributed by atoms with van der Waals surface area (Å²) in [5.41, 5.74) is 2.67. The highest BCUT2D eigenvalue weighted by atomic mass is 16.5. The fourth-order valence-electron chi connectivity index (χ4n) is 5.17. The van der Waals surface area contributed by atoms with Gasteiger partial charge >= 0.3 is 0 Å². The van der Waals surface area contributed by atoms with Crippen molar-refractivity contribution in [2.75, 3.05) is 6.61 Å². The molecular weight excluding hydrogens is 508 g/mol. The second-order valence-corrected chi connectivity index (χ2v) is 10.9. The highest BCUT2D eigenvalue weighted by Gasteiger charge is 2.29. The van der Waals surface area contributed by atoms with Gasteiger partial charge < -0.3 is 4.74 Å². The van der Waals surface area contributed by atoms with E-state index in [1.54, 1.807) is 18.2 Å². The molecule has 5 heteroatoms. The minimum absolute atomic E-state index is 0.191. The molecule has 3 aromatic rings. The van der Waals surface area contributed by atoms with Crippen LogP contribution in [0.25, 0.3) is 0 Å². The SMILES string of the molecule is CCCCCCCCCCCCOc1cccc(C(=O)N(Cc2cccc[n+]2CCC)C(=O)c2ccccc2)c1C. The van der Waals surface area contributed by atoms with E-state index in [4.69, 9.17) is 4.74 Å². The van der Waals surface area contributed by atoms with E-state index < -0.39 is 0 Å². The van der Waals surface area contributed by atoms with Gasteiger partial charge in [0, 0.05) is 35.2 Å². The number of rotatable bonds is 18. The van der Waals surface area contributed by atoms with Crippen LogP contribution in [0.5, 0.6) is 5.75 Å². The first-order chi connectivity index (χ1) is 20.1. The van der Waals surface area contributed by atoms with E-state index in [9.17, 15) is 9.59 Å². The maximum Gasteiger partial charge on any atom is 0.261 e. The van der Waals surface area contributed by atoms with Gasteiger partial charge in [0.05, 0.1) is 6.61 Å². The monoisotopic (exact) mass is 557 g/mol. The first-order valence-electron chi connectivity index (χ1n) is 15.7. The van der Waals surface area contributed by atoms with Crippen molar-refractivity contribution in [1.29, 1.82) is 0 Å². The molecule has 1 aromatic heterocycles. The molecule has 0 fully saturated rings. The quantitative estimate of drug-likeness (QED) is 0.0895. The van der Waals surface area contributed by atoms with E-state index in [-0.39, 0.29) is 18.4 Å². The number of benzene rings is 2. The topological polar surface area (TPSA) is 50.5 Å². The molecule has 2 aromatic carbocycles. The van der Waals surface area contributed by atoms with E-state index >= 15 is 0 Å². The number of aryl methyl sites for hydroxylation is 1. The number of aromatic nitrogens is 1. The van der Waals surface area contributed by atoms with E-state index in [1.165, 1.54) is 56.3 Å². The Morgan fingerprint density at radius 2 is 1.37 bits per heavy atom. The third-order valence-corrected chi connectivity index (χ3v) is 7.60. The van der Waals surface area contributed by atoms with Crippen molar-refractivity contribution < 1.29 is 18.9 Å². The Morgan fingerprint density at radius 3 is 2.05 bits per heavy atom. The maximum absolute atomic E-state index is 14.0. The molecular formula is C36H49N2O3+. The predicted molar refractivity (Wildman–Crippen MR) is 166 cm³/mol. The number of pyridine rings is 1. The van der Waals surface area contributed by atoms with Crippen LogP contribution in [0.4, 0.5) is 0 Å². The molecule has 0 N–H and O–H groups in total. The lowest BCUT2D eigenvalue weighted by atomic mass is 10.0. The minimum Gasteiger partial charge on any atom is -0.493 e. The van der Waals surface area contributed by atoms with Crippen LogP contribution in [0.3, 0.4) is 0 Å².